The molecule has 0 saturated heterocycles. The van der Waals surface area contributed by atoms with Gasteiger partial charge in [0.25, 0.3) is 5.92 Å². The first kappa shape index (κ1) is 14.0. The minimum Gasteiger partial charge on any atom is -0.328 e. The van der Waals surface area contributed by atoms with Crippen molar-refractivity contribution in [3.63, 3.8) is 0 Å². The van der Waals surface area contributed by atoms with Crippen LogP contribution in [0.3, 0.4) is 0 Å². The van der Waals surface area contributed by atoms with Gasteiger partial charge in [0.1, 0.15) is 10.3 Å². The fraction of sp³-hybridized carbons (Fsp3) is 0.583. The van der Waals surface area contributed by atoms with Gasteiger partial charge in [0.15, 0.2) is 0 Å². The molecule has 1 aliphatic carbocycles. The predicted molar refractivity (Wildman–Crippen MR) is 68.1 cm³/mol. The molecule has 18 heavy (non-hydrogen) atoms. The molecule has 0 bridgehead atoms. The van der Waals surface area contributed by atoms with Crippen LogP contribution in [0.25, 0.3) is 0 Å². The van der Waals surface area contributed by atoms with E-state index in [2.05, 4.69) is 4.98 Å². The van der Waals surface area contributed by atoms with Gasteiger partial charge < -0.3 is 5.73 Å². The number of halogens is 4. The second kappa shape index (κ2) is 5.27. The van der Waals surface area contributed by atoms with Crippen molar-refractivity contribution in [2.75, 3.05) is 0 Å². The standard InChI is InChI=1S/C12H14Cl2F2N2/c13-10-5-8(6-11(14)18-10)12(15,16)7-1-3-9(17)4-2-7/h5-7,9H,1-4,17H2. The third-order valence-corrected chi connectivity index (χ3v) is 3.82. The molecule has 0 spiro atoms. The van der Waals surface area contributed by atoms with Crippen LogP contribution >= 0.6 is 23.2 Å². The first-order valence-corrected chi connectivity index (χ1v) is 6.62. The van der Waals surface area contributed by atoms with Gasteiger partial charge in [-0.1, -0.05) is 23.2 Å². The van der Waals surface area contributed by atoms with Crippen molar-refractivity contribution >= 4 is 23.2 Å². The number of pyridine rings is 1. The second-order valence-corrected chi connectivity index (χ2v) is 5.51. The van der Waals surface area contributed by atoms with Gasteiger partial charge in [-0.15, -0.1) is 0 Å². The molecule has 0 amide bonds. The molecule has 2 rings (SSSR count). The second-order valence-electron chi connectivity index (χ2n) is 4.74. The van der Waals surface area contributed by atoms with Crippen LogP contribution in [0.2, 0.25) is 10.3 Å². The van der Waals surface area contributed by atoms with Gasteiger partial charge in [-0.25, -0.2) is 13.8 Å². The normalized spacial score (nSPS) is 25.2. The van der Waals surface area contributed by atoms with Crippen LogP contribution in [0, 0.1) is 5.92 Å². The Morgan fingerprint density at radius 1 is 1.11 bits per heavy atom. The van der Waals surface area contributed by atoms with Crippen LogP contribution in [-0.4, -0.2) is 11.0 Å². The largest absolute Gasteiger partial charge is 0.328 e. The lowest BCUT2D eigenvalue weighted by molar-refractivity contribution is -0.0790. The predicted octanol–water partition coefficient (Wildman–Crippen LogP) is 4.00. The molecule has 0 radical (unpaired) electrons. The fourth-order valence-corrected chi connectivity index (χ4v) is 2.84. The summed E-state index contributed by atoms with van der Waals surface area (Å²) in [5.41, 5.74) is 5.57. The minimum atomic E-state index is -2.93. The van der Waals surface area contributed by atoms with Crippen LogP contribution in [0.1, 0.15) is 31.2 Å². The molecule has 1 aliphatic rings. The maximum atomic E-state index is 14.3. The molecule has 0 atom stereocenters. The van der Waals surface area contributed by atoms with Gasteiger partial charge in [-0.05, 0) is 37.8 Å². The number of rotatable bonds is 2. The third kappa shape index (κ3) is 2.92. The highest BCUT2D eigenvalue weighted by atomic mass is 35.5. The van der Waals surface area contributed by atoms with Gasteiger partial charge in [-0.2, -0.15) is 0 Å². The monoisotopic (exact) mass is 294 g/mol. The Morgan fingerprint density at radius 3 is 2.11 bits per heavy atom. The van der Waals surface area contributed by atoms with Crippen LogP contribution in [0.5, 0.6) is 0 Å². The number of aromatic nitrogens is 1. The van der Waals surface area contributed by atoms with Crippen LogP contribution in [0.15, 0.2) is 12.1 Å². The Hall–Kier alpha value is -0.450. The average molecular weight is 295 g/mol. The summed E-state index contributed by atoms with van der Waals surface area (Å²) < 4.78 is 28.7. The lowest BCUT2D eigenvalue weighted by atomic mass is 9.80. The summed E-state index contributed by atoms with van der Waals surface area (Å²) in [6.45, 7) is 0. The van der Waals surface area contributed by atoms with Crippen LogP contribution in [0.4, 0.5) is 8.78 Å². The van der Waals surface area contributed by atoms with Crippen molar-refractivity contribution in [3.8, 4) is 0 Å². The fourth-order valence-electron chi connectivity index (χ4n) is 2.37. The molecule has 1 aromatic rings. The zero-order valence-corrected chi connectivity index (χ0v) is 11.2. The first-order valence-electron chi connectivity index (χ1n) is 5.86. The molecule has 100 valence electrons. The maximum Gasteiger partial charge on any atom is 0.276 e. The Bertz CT molecular complexity index is 412. The Morgan fingerprint density at radius 2 is 1.61 bits per heavy atom. The number of nitrogens with two attached hydrogens (primary N) is 1. The summed E-state index contributed by atoms with van der Waals surface area (Å²) in [5.74, 6) is -3.64. The van der Waals surface area contributed by atoms with Crippen LogP contribution in [-0.2, 0) is 5.92 Å². The van der Waals surface area contributed by atoms with E-state index in [1.807, 2.05) is 0 Å². The summed E-state index contributed by atoms with van der Waals surface area (Å²) in [4.78, 5) is 3.68. The quantitative estimate of drug-likeness (QED) is 0.838. The first-order chi connectivity index (χ1) is 8.39. The third-order valence-electron chi connectivity index (χ3n) is 3.43. The van der Waals surface area contributed by atoms with E-state index < -0.39 is 11.8 Å². The smallest absolute Gasteiger partial charge is 0.276 e. The van der Waals surface area contributed by atoms with Crippen molar-refractivity contribution in [3.05, 3.63) is 28.0 Å². The molecule has 0 aliphatic heterocycles. The number of hydrogen-bond acceptors (Lipinski definition) is 2. The van der Waals surface area contributed by atoms with Crippen molar-refractivity contribution in [2.45, 2.75) is 37.6 Å². The van der Waals surface area contributed by atoms with Gasteiger partial charge in [0.2, 0.25) is 0 Å². The zero-order valence-electron chi connectivity index (χ0n) is 9.67. The number of nitrogens with zero attached hydrogens (tertiary/aromatic N) is 1. The molecule has 2 nitrogen and oxygen atoms in total. The van der Waals surface area contributed by atoms with Crippen LogP contribution < -0.4 is 5.73 Å². The van der Waals surface area contributed by atoms with Gasteiger partial charge in [0.05, 0.1) is 0 Å². The molecular weight excluding hydrogens is 281 g/mol. The van der Waals surface area contributed by atoms with Crippen molar-refractivity contribution < 1.29 is 8.78 Å². The summed E-state index contributed by atoms with van der Waals surface area (Å²) in [6.07, 6.45) is 2.11. The molecule has 2 N–H and O–H groups in total. The Balaban J connectivity index is 2.24. The molecule has 6 heteroatoms. The van der Waals surface area contributed by atoms with Gasteiger partial charge >= 0.3 is 0 Å². The van der Waals surface area contributed by atoms with E-state index >= 15 is 0 Å². The van der Waals surface area contributed by atoms with E-state index in [1.54, 1.807) is 0 Å². The highest BCUT2D eigenvalue weighted by Gasteiger charge is 2.42. The summed E-state index contributed by atoms with van der Waals surface area (Å²) in [6, 6.07) is 2.41. The molecule has 1 heterocycles. The maximum absolute atomic E-state index is 14.3. The zero-order chi connectivity index (χ0) is 13.3. The van der Waals surface area contributed by atoms with E-state index in [4.69, 9.17) is 28.9 Å². The number of alkyl halides is 2. The number of hydrogen-bond donors (Lipinski definition) is 1. The minimum absolute atomic E-state index is 0.00955. The average Bonchev–Trinajstić information content (AvgIpc) is 2.28. The topological polar surface area (TPSA) is 38.9 Å². The summed E-state index contributed by atoms with van der Waals surface area (Å²) in [7, 11) is 0. The highest BCUT2D eigenvalue weighted by Crippen LogP contribution is 2.44. The lowest BCUT2D eigenvalue weighted by Gasteiger charge is -2.32. The van der Waals surface area contributed by atoms with Crippen molar-refractivity contribution in [2.24, 2.45) is 11.7 Å². The molecule has 1 aromatic heterocycles. The lowest BCUT2D eigenvalue weighted by Crippen LogP contribution is -2.34. The van der Waals surface area contributed by atoms with Crippen molar-refractivity contribution in [1.82, 2.24) is 4.98 Å². The van der Waals surface area contributed by atoms with E-state index in [0.29, 0.717) is 25.7 Å². The molecule has 1 fully saturated rings. The van der Waals surface area contributed by atoms with E-state index in [1.165, 1.54) is 12.1 Å². The summed E-state index contributed by atoms with van der Waals surface area (Å²) in [5, 5.41) is -0.0191. The summed E-state index contributed by atoms with van der Waals surface area (Å²) >= 11 is 11.3. The van der Waals surface area contributed by atoms with Gasteiger partial charge in [-0.3, -0.25) is 0 Å². The van der Waals surface area contributed by atoms with Gasteiger partial charge in [0, 0.05) is 17.5 Å². The molecule has 0 unspecified atom stereocenters. The molecular formula is C12H14Cl2F2N2. The Labute approximate surface area is 114 Å². The highest BCUT2D eigenvalue weighted by molar-refractivity contribution is 6.32. The van der Waals surface area contributed by atoms with Crippen molar-refractivity contribution in [1.29, 1.82) is 0 Å². The molecule has 0 aromatic carbocycles. The van der Waals surface area contributed by atoms with E-state index in [0.717, 1.165) is 0 Å². The van der Waals surface area contributed by atoms with E-state index in [-0.39, 0.29) is 21.9 Å². The molecule has 1 saturated carbocycles. The Kier molecular flexibility index (Phi) is 4.09. The SMILES string of the molecule is NC1CCC(C(F)(F)c2cc(Cl)nc(Cl)c2)CC1. The van der Waals surface area contributed by atoms with E-state index in [9.17, 15) is 8.78 Å².